The normalized spacial score (nSPS) is 27.3. The van der Waals surface area contributed by atoms with Gasteiger partial charge in [0.1, 0.15) is 0 Å². The van der Waals surface area contributed by atoms with Gasteiger partial charge in [-0.05, 0) is 74.2 Å². The molecular formula is C24H34O2. The summed E-state index contributed by atoms with van der Waals surface area (Å²) >= 11 is 0. The molecule has 0 amide bonds. The van der Waals surface area contributed by atoms with E-state index in [-0.39, 0.29) is 11.8 Å². The topological polar surface area (TPSA) is 37.3 Å². The molecule has 0 saturated heterocycles. The lowest BCUT2D eigenvalue weighted by Crippen LogP contribution is -2.23. The predicted octanol–water partition coefficient (Wildman–Crippen LogP) is 6.43. The predicted molar refractivity (Wildman–Crippen MR) is 107 cm³/mol. The van der Waals surface area contributed by atoms with E-state index in [9.17, 15) is 9.90 Å². The van der Waals surface area contributed by atoms with Crippen LogP contribution in [0.3, 0.4) is 0 Å². The minimum Gasteiger partial charge on any atom is -0.481 e. The largest absolute Gasteiger partial charge is 0.481 e. The van der Waals surface area contributed by atoms with Crippen LogP contribution in [0.4, 0.5) is 0 Å². The molecule has 2 aliphatic carbocycles. The Morgan fingerprint density at radius 2 is 1.88 bits per heavy atom. The van der Waals surface area contributed by atoms with Gasteiger partial charge in [0, 0.05) is 5.92 Å². The van der Waals surface area contributed by atoms with Crippen LogP contribution in [0, 0.1) is 23.2 Å². The zero-order chi connectivity index (χ0) is 18.6. The van der Waals surface area contributed by atoms with Crippen molar-refractivity contribution in [2.24, 2.45) is 23.2 Å². The molecule has 2 atom stereocenters. The Morgan fingerprint density at radius 3 is 2.42 bits per heavy atom. The van der Waals surface area contributed by atoms with Crippen LogP contribution in [0.15, 0.2) is 42.5 Å². The fourth-order valence-corrected chi connectivity index (χ4v) is 5.35. The van der Waals surface area contributed by atoms with Crippen molar-refractivity contribution < 1.29 is 9.90 Å². The van der Waals surface area contributed by atoms with Crippen LogP contribution in [-0.2, 0) is 4.79 Å². The van der Waals surface area contributed by atoms with Gasteiger partial charge in [-0.2, -0.15) is 0 Å². The van der Waals surface area contributed by atoms with Crippen molar-refractivity contribution in [1.29, 1.82) is 0 Å². The third-order valence-corrected chi connectivity index (χ3v) is 6.75. The Kier molecular flexibility index (Phi) is 6.21. The third kappa shape index (κ3) is 4.58. The maximum Gasteiger partial charge on any atom is 0.307 e. The Balaban J connectivity index is 1.69. The molecule has 2 fully saturated rings. The average Bonchev–Trinajstić information content (AvgIpc) is 3.22. The molecule has 1 aromatic rings. The Bertz CT molecular complexity index is 608. The second-order valence-corrected chi connectivity index (χ2v) is 9.15. The number of fused-ring (bicyclic) bond motifs is 2. The Labute approximate surface area is 158 Å². The van der Waals surface area contributed by atoms with Gasteiger partial charge < -0.3 is 5.11 Å². The summed E-state index contributed by atoms with van der Waals surface area (Å²) in [5.41, 5.74) is 1.73. The first-order valence-electron chi connectivity index (χ1n) is 10.4. The van der Waals surface area contributed by atoms with E-state index in [1.54, 1.807) is 0 Å². The van der Waals surface area contributed by atoms with Crippen molar-refractivity contribution in [3.63, 3.8) is 0 Å². The SMILES string of the molecule is CC(C)CC(C(=O)O)C(CC=CCC12CCC(CC1)C2)c1ccccc1. The highest BCUT2D eigenvalue weighted by Gasteiger charge is 2.43. The summed E-state index contributed by atoms with van der Waals surface area (Å²) in [6, 6.07) is 10.2. The highest BCUT2D eigenvalue weighted by atomic mass is 16.4. The maximum absolute atomic E-state index is 12.0. The van der Waals surface area contributed by atoms with Crippen LogP contribution < -0.4 is 0 Å². The molecule has 2 nitrogen and oxygen atoms in total. The van der Waals surface area contributed by atoms with Crippen LogP contribution in [0.25, 0.3) is 0 Å². The molecule has 0 aliphatic heterocycles. The van der Waals surface area contributed by atoms with Crippen LogP contribution in [0.1, 0.15) is 76.7 Å². The van der Waals surface area contributed by atoms with E-state index in [4.69, 9.17) is 0 Å². The van der Waals surface area contributed by atoms with E-state index in [1.165, 1.54) is 38.5 Å². The first-order valence-corrected chi connectivity index (χ1v) is 10.4. The van der Waals surface area contributed by atoms with Gasteiger partial charge in [-0.25, -0.2) is 0 Å². The Morgan fingerprint density at radius 1 is 1.19 bits per heavy atom. The van der Waals surface area contributed by atoms with Crippen molar-refractivity contribution >= 4 is 5.97 Å². The monoisotopic (exact) mass is 354 g/mol. The van der Waals surface area contributed by atoms with E-state index < -0.39 is 5.97 Å². The number of rotatable bonds is 9. The molecule has 0 aromatic heterocycles. The van der Waals surface area contributed by atoms with Crippen molar-refractivity contribution in [1.82, 2.24) is 0 Å². The number of carbonyl (C=O) groups is 1. The van der Waals surface area contributed by atoms with Crippen LogP contribution in [-0.4, -0.2) is 11.1 Å². The summed E-state index contributed by atoms with van der Waals surface area (Å²) in [6.45, 7) is 4.23. The van der Waals surface area contributed by atoms with Gasteiger partial charge in [0.05, 0.1) is 5.92 Å². The summed E-state index contributed by atoms with van der Waals surface area (Å²) < 4.78 is 0. The second-order valence-electron chi connectivity index (χ2n) is 9.15. The molecule has 2 bridgehead atoms. The molecule has 26 heavy (non-hydrogen) atoms. The number of carboxylic acid groups (broad SMARTS) is 1. The number of hydrogen-bond acceptors (Lipinski definition) is 1. The van der Waals surface area contributed by atoms with E-state index in [2.05, 4.69) is 38.1 Å². The number of allylic oxidation sites excluding steroid dienone is 2. The van der Waals surface area contributed by atoms with Gasteiger partial charge in [0.15, 0.2) is 0 Å². The highest BCUT2D eigenvalue weighted by Crippen LogP contribution is 2.56. The number of carboxylic acids is 1. The first kappa shape index (κ1) is 19.2. The second kappa shape index (κ2) is 8.41. The fraction of sp³-hybridized carbons (Fsp3) is 0.625. The minimum atomic E-state index is -0.658. The number of aliphatic carboxylic acids is 1. The summed E-state index contributed by atoms with van der Waals surface area (Å²) in [5.74, 6) is 0.461. The molecule has 2 aliphatic rings. The molecular weight excluding hydrogens is 320 g/mol. The van der Waals surface area contributed by atoms with Crippen LogP contribution in [0.5, 0.6) is 0 Å². The standard InChI is InChI=1S/C24H34O2/c1-18(2)16-22(23(25)26)21(20-8-4-3-5-9-20)10-6-7-13-24-14-11-19(17-24)12-15-24/h3-9,18-19,21-22H,10-17H2,1-2H3,(H,25,26). The van der Waals surface area contributed by atoms with Gasteiger partial charge in [-0.1, -0.05) is 56.3 Å². The Hall–Kier alpha value is -1.57. The van der Waals surface area contributed by atoms with E-state index in [1.807, 2.05) is 18.2 Å². The van der Waals surface area contributed by atoms with Gasteiger partial charge in [-0.15, -0.1) is 0 Å². The van der Waals surface area contributed by atoms with Gasteiger partial charge in [0.2, 0.25) is 0 Å². The van der Waals surface area contributed by atoms with Crippen LogP contribution in [0.2, 0.25) is 0 Å². The quantitative estimate of drug-likeness (QED) is 0.519. The lowest BCUT2D eigenvalue weighted by molar-refractivity contribution is -0.143. The average molecular weight is 355 g/mol. The lowest BCUT2D eigenvalue weighted by Gasteiger charge is -2.26. The van der Waals surface area contributed by atoms with Crippen molar-refractivity contribution in [2.45, 2.75) is 71.1 Å². The molecule has 0 radical (unpaired) electrons. The van der Waals surface area contributed by atoms with E-state index >= 15 is 0 Å². The van der Waals surface area contributed by atoms with Gasteiger partial charge in [0.25, 0.3) is 0 Å². The van der Waals surface area contributed by atoms with Crippen molar-refractivity contribution in [2.75, 3.05) is 0 Å². The molecule has 2 heteroatoms. The third-order valence-electron chi connectivity index (χ3n) is 6.75. The number of benzene rings is 1. The zero-order valence-corrected chi connectivity index (χ0v) is 16.4. The molecule has 3 rings (SSSR count). The molecule has 1 N–H and O–H groups in total. The molecule has 142 valence electrons. The fourth-order valence-electron chi connectivity index (χ4n) is 5.35. The molecule has 1 aromatic carbocycles. The summed E-state index contributed by atoms with van der Waals surface area (Å²) in [5, 5.41) is 9.84. The molecule has 0 spiro atoms. The molecule has 2 unspecified atom stereocenters. The highest BCUT2D eigenvalue weighted by molar-refractivity contribution is 5.71. The number of hydrogen-bond donors (Lipinski definition) is 1. The van der Waals surface area contributed by atoms with E-state index in [0.717, 1.165) is 24.3 Å². The van der Waals surface area contributed by atoms with Gasteiger partial charge in [-0.3, -0.25) is 4.79 Å². The minimum absolute atomic E-state index is 0.0600. The summed E-state index contributed by atoms with van der Waals surface area (Å²) in [6.07, 6.45) is 14.4. The van der Waals surface area contributed by atoms with Crippen molar-refractivity contribution in [3.05, 3.63) is 48.0 Å². The maximum atomic E-state index is 12.0. The lowest BCUT2D eigenvalue weighted by atomic mass is 9.78. The molecule has 0 heterocycles. The molecule has 2 saturated carbocycles. The van der Waals surface area contributed by atoms with Crippen molar-refractivity contribution in [3.8, 4) is 0 Å². The van der Waals surface area contributed by atoms with Crippen LogP contribution >= 0.6 is 0 Å². The van der Waals surface area contributed by atoms with Gasteiger partial charge >= 0.3 is 5.97 Å². The van der Waals surface area contributed by atoms with E-state index in [0.29, 0.717) is 11.3 Å². The summed E-state index contributed by atoms with van der Waals surface area (Å²) in [7, 11) is 0. The summed E-state index contributed by atoms with van der Waals surface area (Å²) in [4.78, 5) is 12.0. The first-order chi connectivity index (χ1) is 12.5. The smallest absolute Gasteiger partial charge is 0.307 e. The zero-order valence-electron chi connectivity index (χ0n) is 16.4.